The quantitative estimate of drug-likeness (QED) is 0.805. The number of aromatic nitrogens is 3. The Bertz CT molecular complexity index is 523. The van der Waals surface area contributed by atoms with Gasteiger partial charge in [0, 0.05) is 11.8 Å². The van der Waals surface area contributed by atoms with Gasteiger partial charge in [-0.1, -0.05) is 0 Å². The number of aryl methyl sites for hydroxylation is 1. The van der Waals surface area contributed by atoms with Crippen molar-refractivity contribution in [3.63, 3.8) is 0 Å². The van der Waals surface area contributed by atoms with Crippen molar-refractivity contribution in [3.05, 3.63) is 41.6 Å². The van der Waals surface area contributed by atoms with Crippen LogP contribution < -0.4 is 5.32 Å². The molecule has 0 saturated heterocycles. The van der Waals surface area contributed by atoms with E-state index in [1.54, 1.807) is 13.1 Å². The summed E-state index contributed by atoms with van der Waals surface area (Å²) in [5.74, 6) is -0.484. The van der Waals surface area contributed by atoms with E-state index in [0.717, 1.165) is 17.8 Å². The van der Waals surface area contributed by atoms with Crippen LogP contribution in [0.1, 0.15) is 15.9 Å². The highest BCUT2D eigenvalue weighted by atomic mass is 19.1. The van der Waals surface area contributed by atoms with Crippen LogP contribution in [0, 0.1) is 12.7 Å². The second-order valence-electron chi connectivity index (χ2n) is 3.27. The Morgan fingerprint density at radius 2 is 2.25 bits per heavy atom. The van der Waals surface area contributed by atoms with Crippen LogP contribution >= 0.6 is 0 Å². The monoisotopic (exact) mass is 220 g/mol. The fourth-order valence-electron chi connectivity index (χ4n) is 1.19. The zero-order valence-corrected chi connectivity index (χ0v) is 8.49. The van der Waals surface area contributed by atoms with Gasteiger partial charge in [0.05, 0.1) is 18.0 Å². The van der Waals surface area contributed by atoms with Crippen LogP contribution in [0.15, 0.2) is 24.7 Å². The molecule has 0 unspecified atom stereocenters. The molecule has 16 heavy (non-hydrogen) atoms. The van der Waals surface area contributed by atoms with Crippen LogP contribution in [0.4, 0.5) is 10.2 Å². The number of hydrogen-bond acceptors (Lipinski definition) is 3. The second kappa shape index (κ2) is 4.09. The highest BCUT2D eigenvalue weighted by molar-refractivity contribution is 6.03. The average Bonchev–Trinajstić information content (AvgIpc) is 2.64. The smallest absolute Gasteiger partial charge is 0.258 e. The third-order valence-corrected chi connectivity index (χ3v) is 2.03. The Morgan fingerprint density at radius 1 is 1.44 bits per heavy atom. The van der Waals surface area contributed by atoms with Gasteiger partial charge >= 0.3 is 0 Å². The predicted octanol–water partition coefficient (Wildman–Crippen LogP) is 1.50. The van der Waals surface area contributed by atoms with Gasteiger partial charge in [-0.15, -0.1) is 0 Å². The van der Waals surface area contributed by atoms with E-state index in [4.69, 9.17) is 0 Å². The summed E-state index contributed by atoms with van der Waals surface area (Å²) in [4.78, 5) is 15.2. The van der Waals surface area contributed by atoms with E-state index < -0.39 is 11.7 Å². The maximum Gasteiger partial charge on any atom is 0.258 e. The molecule has 0 bridgehead atoms. The SMILES string of the molecule is Cc1cn[nH]c1NC(=O)c1cncc(F)c1. The van der Waals surface area contributed by atoms with Crippen molar-refractivity contribution in [2.75, 3.05) is 5.32 Å². The van der Waals surface area contributed by atoms with Crippen LogP contribution in [0.3, 0.4) is 0 Å². The predicted molar refractivity (Wildman–Crippen MR) is 55.5 cm³/mol. The number of hydrogen-bond donors (Lipinski definition) is 2. The van der Waals surface area contributed by atoms with Crippen molar-refractivity contribution in [2.24, 2.45) is 0 Å². The fraction of sp³-hybridized carbons (Fsp3) is 0.100. The van der Waals surface area contributed by atoms with E-state index in [2.05, 4.69) is 20.5 Å². The van der Waals surface area contributed by atoms with E-state index >= 15 is 0 Å². The van der Waals surface area contributed by atoms with Crippen molar-refractivity contribution >= 4 is 11.7 Å². The van der Waals surface area contributed by atoms with E-state index in [9.17, 15) is 9.18 Å². The molecular formula is C10H9FN4O. The Morgan fingerprint density at radius 3 is 2.88 bits per heavy atom. The van der Waals surface area contributed by atoms with Crippen molar-refractivity contribution in [1.29, 1.82) is 0 Å². The molecule has 6 heteroatoms. The average molecular weight is 220 g/mol. The van der Waals surface area contributed by atoms with Crippen LogP contribution in [0.5, 0.6) is 0 Å². The van der Waals surface area contributed by atoms with Gasteiger partial charge in [-0.2, -0.15) is 5.10 Å². The molecule has 2 aromatic heterocycles. The number of rotatable bonds is 2. The Kier molecular flexibility index (Phi) is 2.63. The molecule has 0 aromatic carbocycles. The molecule has 0 fully saturated rings. The lowest BCUT2D eigenvalue weighted by Gasteiger charge is -2.03. The summed E-state index contributed by atoms with van der Waals surface area (Å²) in [5.41, 5.74) is 0.965. The standard InChI is InChI=1S/C10H9FN4O/c1-6-3-13-15-9(6)14-10(16)7-2-8(11)5-12-4-7/h2-5H,1H3,(H2,13,14,15,16). The number of anilines is 1. The van der Waals surface area contributed by atoms with E-state index in [1.165, 1.54) is 6.20 Å². The maximum absolute atomic E-state index is 12.8. The number of halogens is 1. The summed E-state index contributed by atoms with van der Waals surface area (Å²) in [7, 11) is 0. The number of amides is 1. The van der Waals surface area contributed by atoms with Crippen LogP contribution in [-0.4, -0.2) is 21.1 Å². The molecule has 1 amide bonds. The van der Waals surface area contributed by atoms with Crippen molar-refractivity contribution < 1.29 is 9.18 Å². The molecule has 0 aliphatic carbocycles. The number of nitrogens with zero attached hydrogens (tertiary/aromatic N) is 2. The molecule has 2 rings (SSSR count). The third-order valence-electron chi connectivity index (χ3n) is 2.03. The van der Waals surface area contributed by atoms with Gasteiger partial charge in [0.1, 0.15) is 11.6 Å². The summed E-state index contributed by atoms with van der Waals surface area (Å²) < 4.78 is 12.8. The number of carbonyl (C=O) groups excluding carboxylic acids is 1. The minimum Gasteiger partial charge on any atom is -0.307 e. The zero-order chi connectivity index (χ0) is 11.5. The molecule has 0 saturated carbocycles. The van der Waals surface area contributed by atoms with Gasteiger partial charge in [0.2, 0.25) is 0 Å². The van der Waals surface area contributed by atoms with Gasteiger partial charge in [0.15, 0.2) is 0 Å². The number of nitrogens with one attached hydrogen (secondary N) is 2. The molecule has 2 N–H and O–H groups in total. The first kappa shape index (κ1) is 10.3. The van der Waals surface area contributed by atoms with Crippen LogP contribution in [-0.2, 0) is 0 Å². The van der Waals surface area contributed by atoms with Gasteiger partial charge in [-0.3, -0.25) is 14.9 Å². The first-order chi connectivity index (χ1) is 7.66. The van der Waals surface area contributed by atoms with Crippen molar-refractivity contribution in [3.8, 4) is 0 Å². The highest BCUT2D eigenvalue weighted by Crippen LogP contribution is 2.10. The summed E-state index contributed by atoms with van der Waals surface area (Å²) in [5, 5.41) is 8.95. The normalized spacial score (nSPS) is 10.1. The molecule has 2 heterocycles. The molecule has 5 nitrogen and oxygen atoms in total. The van der Waals surface area contributed by atoms with Gasteiger partial charge < -0.3 is 5.32 Å². The van der Waals surface area contributed by atoms with Gasteiger partial charge in [-0.25, -0.2) is 4.39 Å². The maximum atomic E-state index is 12.8. The lowest BCUT2D eigenvalue weighted by Crippen LogP contribution is -2.13. The first-order valence-electron chi connectivity index (χ1n) is 4.58. The van der Waals surface area contributed by atoms with Gasteiger partial charge in [0.25, 0.3) is 5.91 Å². The second-order valence-corrected chi connectivity index (χ2v) is 3.27. The molecule has 2 aromatic rings. The van der Waals surface area contributed by atoms with Crippen LogP contribution in [0.2, 0.25) is 0 Å². The molecular weight excluding hydrogens is 211 g/mol. The summed E-state index contributed by atoms with van der Waals surface area (Å²) in [6.45, 7) is 1.79. The highest BCUT2D eigenvalue weighted by Gasteiger charge is 2.09. The molecule has 0 aliphatic rings. The number of H-pyrrole nitrogens is 1. The lowest BCUT2D eigenvalue weighted by atomic mass is 10.2. The number of aromatic amines is 1. The van der Waals surface area contributed by atoms with Crippen molar-refractivity contribution in [2.45, 2.75) is 6.92 Å². The Labute approximate surface area is 90.7 Å². The summed E-state index contributed by atoms with van der Waals surface area (Å²) in [6, 6.07) is 1.12. The van der Waals surface area contributed by atoms with E-state index in [0.29, 0.717) is 5.82 Å². The fourth-order valence-corrected chi connectivity index (χ4v) is 1.19. The first-order valence-corrected chi connectivity index (χ1v) is 4.58. The molecule has 0 radical (unpaired) electrons. The van der Waals surface area contributed by atoms with E-state index in [1.807, 2.05) is 0 Å². The topological polar surface area (TPSA) is 70.7 Å². The zero-order valence-electron chi connectivity index (χ0n) is 8.49. The van der Waals surface area contributed by atoms with Crippen LogP contribution in [0.25, 0.3) is 0 Å². The summed E-state index contributed by atoms with van der Waals surface area (Å²) >= 11 is 0. The van der Waals surface area contributed by atoms with Crippen molar-refractivity contribution in [1.82, 2.24) is 15.2 Å². The Balaban J connectivity index is 2.18. The van der Waals surface area contributed by atoms with Gasteiger partial charge in [-0.05, 0) is 13.0 Å². The molecule has 82 valence electrons. The third kappa shape index (κ3) is 2.05. The lowest BCUT2D eigenvalue weighted by molar-refractivity contribution is 0.102. The number of carbonyl (C=O) groups is 1. The van der Waals surface area contributed by atoms with E-state index in [-0.39, 0.29) is 5.56 Å². The number of pyridine rings is 1. The minimum absolute atomic E-state index is 0.161. The molecule has 0 atom stereocenters. The summed E-state index contributed by atoms with van der Waals surface area (Å²) in [6.07, 6.45) is 3.92. The molecule has 0 aliphatic heterocycles. The largest absolute Gasteiger partial charge is 0.307 e. The molecule has 0 spiro atoms. The minimum atomic E-state index is -0.547. The Hall–Kier alpha value is -2.24.